The van der Waals surface area contributed by atoms with Crippen LogP contribution in [0.2, 0.25) is 0 Å². The van der Waals surface area contributed by atoms with Gasteiger partial charge in [0, 0.05) is 0 Å². The Labute approximate surface area is 77.9 Å². The molecule has 0 radical (unpaired) electrons. The molecule has 0 fully saturated rings. The molecular weight excluding hydrogens is 172 g/mol. The molecule has 0 bridgehead atoms. The van der Waals surface area contributed by atoms with E-state index in [1.54, 1.807) is 6.92 Å². The number of hydrogen-bond donors (Lipinski definition) is 1. The van der Waals surface area contributed by atoms with Crippen molar-refractivity contribution in [1.29, 1.82) is 0 Å². The normalized spacial score (nSPS) is 14.7. The average molecular weight is 188 g/mol. The first kappa shape index (κ1) is 11.9. The van der Waals surface area contributed by atoms with E-state index in [-0.39, 0.29) is 6.42 Å². The summed E-state index contributed by atoms with van der Waals surface area (Å²) in [5.41, 5.74) is -0.880. The Balaban J connectivity index is 4.50. The predicted molar refractivity (Wildman–Crippen MR) is 47.3 cm³/mol. The van der Waals surface area contributed by atoms with Gasteiger partial charge in [-0.25, -0.2) is 0 Å². The molecule has 0 heterocycles. The smallest absolute Gasteiger partial charge is 0.312 e. The van der Waals surface area contributed by atoms with Gasteiger partial charge < -0.3 is 9.84 Å². The number of esters is 1. The molecule has 0 aromatic rings. The SMILES string of the molecule is CCCC(C)(CC(=O)O)C(=O)OC. The lowest BCUT2D eigenvalue weighted by Crippen LogP contribution is -2.31. The highest BCUT2D eigenvalue weighted by Crippen LogP contribution is 2.28. The molecular formula is C9H16O4. The maximum Gasteiger partial charge on any atom is 0.312 e. The second-order valence-corrected chi connectivity index (χ2v) is 3.37. The molecule has 0 aromatic carbocycles. The van der Waals surface area contributed by atoms with Gasteiger partial charge >= 0.3 is 11.9 Å². The van der Waals surface area contributed by atoms with Gasteiger partial charge in [0.2, 0.25) is 0 Å². The van der Waals surface area contributed by atoms with E-state index >= 15 is 0 Å². The molecule has 1 atom stereocenters. The monoisotopic (exact) mass is 188 g/mol. The quantitative estimate of drug-likeness (QED) is 0.663. The van der Waals surface area contributed by atoms with E-state index in [2.05, 4.69) is 4.74 Å². The van der Waals surface area contributed by atoms with Crippen molar-refractivity contribution in [2.24, 2.45) is 5.41 Å². The highest BCUT2D eigenvalue weighted by atomic mass is 16.5. The zero-order chi connectivity index (χ0) is 10.5. The summed E-state index contributed by atoms with van der Waals surface area (Å²) >= 11 is 0. The van der Waals surface area contributed by atoms with Crippen LogP contribution in [0.4, 0.5) is 0 Å². The van der Waals surface area contributed by atoms with Crippen LogP contribution in [-0.4, -0.2) is 24.2 Å². The van der Waals surface area contributed by atoms with Gasteiger partial charge in [0.1, 0.15) is 0 Å². The number of hydrogen-bond acceptors (Lipinski definition) is 3. The number of carbonyl (C=O) groups excluding carboxylic acids is 1. The van der Waals surface area contributed by atoms with Crippen LogP contribution in [0, 0.1) is 5.41 Å². The molecule has 0 spiro atoms. The van der Waals surface area contributed by atoms with E-state index in [0.29, 0.717) is 6.42 Å². The maximum absolute atomic E-state index is 11.3. The van der Waals surface area contributed by atoms with Crippen LogP contribution in [-0.2, 0) is 14.3 Å². The zero-order valence-electron chi connectivity index (χ0n) is 8.29. The molecule has 0 amide bonds. The minimum atomic E-state index is -0.971. The highest BCUT2D eigenvalue weighted by Gasteiger charge is 2.35. The fourth-order valence-corrected chi connectivity index (χ4v) is 1.39. The van der Waals surface area contributed by atoms with E-state index in [9.17, 15) is 9.59 Å². The first-order chi connectivity index (χ1) is 5.96. The van der Waals surface area contributed by atoms with Crippen molar-refractivity contribution in [2.75, 3.05) is 7.11 Å². The van der Waals surface area contributed by atoms with Gasteiger partial charge in [-0.3, -0.25) is 9.59 Å². The lowest BCUT2D eigenvalue weighted by molar-refractivity contribution is -0.157. The summed E-state index contributed by atoms with van der Waals surface area (Å²) in [5, 5.41) is 8.61. The van der Waals surface area contributed by atoms with Crippen molar-refractivity contribution in [2.45, 2.75) is 33.1 Å². The Morgan fingerprint density at radius 2 is 2.00 bits per heavy atom. The van der Waals surface area contributed by atoms with E-state index in [4.69, 9.17) is 5.11 Å². The number of aliphatic carboxylic acids is 1. The Hall–Kier alpha value is -1.06. The van der Waals surface area contributed by atoms with Crippen molar-refractivity contribution in [3.63, 3.8) is 0 Å². The second kappa shape index (κ2) is 4.84. The summed E-state index contributed by atoms with van der Waals surface area (Å²) in [4.78, 5) is 21.8. The summed E-state index contributed by atoms with van der Waals surface area (Å²) in [5.74, 6) is -1.42. The summed E-state index contributed by atoms with van der Waals surface area (Å²) in [7, 11) is 1.28. The fraction of sp³-hybridized carbons (Fsp3) is 0.778. The summed E-state index contributed by atoms with van der Waals surface area (Å²) < 4.78 is 4.57. The number of carbonyl (C=O) groups is 2. The number of methoxy groups -OCH3 is 1. The molecule has 0 rings (SSSR count). The molecule has 0 saturated heterocycles. The van der Waals surface area contributed by atoms with Gasteiger partial charge in [-0.2, -0.15) is 0 Å². The number of carboxylic acid groups (broad SMARTS) is 1. The Kier molecular flexibility index (Phi) is 4.45. The average Bonchev–Trinajstić information content (AvgIpc) is 2.02. The first-order valence-electron chi connectivity index (χ1n) is 4.26. The van der Waals surface area contributed by atoms with Gasteiger partial charge in [-0.15, -0.1) is 0 Å². The van der Waals surface area contributed by atoms with Crippen molar-refractivity contribution in [1.82, 2.24) is 0 Å². The third kappa shape index (κ3) is 3.44. The molecule has 0 aliphatic rings. The third-order valence-electron chi connectivity index (χ3n) is 2.02. The van der Waals surface area contributed by atoms with Gasteiger partial charge in [0.05, 0.1) is 18.9 Å². The maximum atomic E-state index is 11.3. The highest BCUT2D eigenvalue weighted by molar-refractivity contribution is 5.82. The minimum Gasteiger partial charge on any atom is -0.481 e. The zero-order valence-corrected chi connectivity index (χ0v) is 8.29. The summed E-state index contributed by atoms with van der Waals surface area (Å²) in [6, 6.07) is 0. The van der Waals surface area contributed by atoms with Gasteiger partial charge in [-0.1, -0.05) is 13.3 Å². The second-order valence-electron chi connectivity index (χ2n) is 3.37. The molecule has 76 valence electrons. The van der Waals surface area contributed by atoms with Crippen LogP contribution >= 0.6 is 0 Å². The van der Waals surface area contributed by atoms with Crippen molar-refractivity contribution >= 4 is 11.9 Å². The number of ether oxygens (including phenoxy) is 1. The summed E-state index contributed by atoms with van der Waals surface area (Å²) in [6.07, 6.45) is 1.12. The van der Waals surface area contributed by atoms with E-state index in [0.717, 1.165) is 6.42 Å². The molecule has 4 heteroatoms. The Morgan fingerprint density at radius 3 is 2.31 bits per heavy atom. The van der Waals surface area contributed by atoms with Crippen LogP contribution < -0.4 is 0 Å². The van der Waals surface area contributed by atoms with Gasteiger partial charge in [0.25, 0.3) is 0 Å². The standard InChI is InChI=1S/C9H16O4/c1-4-5-9(2,6-7(10)11)8(12)13-3/h4-6H2,1-3H3,(H,10,11). The molecule has 0 aliphatic heterocycles. The Morgan fingerprint density at radius 1 is 1.46 bits per heavy atom. The largest absolute Gasteiger partial charge is 0.481 e. The predicted octanol–water partition coefficient (Wildman–Crippen LogP) is 1.44. The molecule has 4 nitrogen and oxygen atoms in total. The molecule has 0 aliphatic carbocycles. The third-order valence-corrected chi connectivity index (χ3v) is 2.02. The van der Waals surface area contributed by atoms with Crippen LogP contribution in [0.1, 0.15) is 33.1 Å². The lowest BCUT2D eigenvalue weighted by atomic mass is 9.82. The van der Waals surface area contributed by atoms with Crippen LogP contribution in [0.3, 0.4) is 0 Å². The van der Waals surface area contributed by atoms with Crippen LogP contribution in [0.15, 0.2) is 0 Å². The minimum absolute atomic E-state index is 0.173. The molecule has 13 heavy (non-hydrogen) atoms. The fourth-order valence-electron chi connectivity index (χ4n) is 1.39. The number of rotatable bonds is 5. The van der Waals surface area contributed by atoms with E-state index in [1.165, 1.54) is 7.11 Å². The molecule has 0 aromatic heterocycles. The summed E-state index contributed by atoms with van der Waals surface area (Å²) in [6.45, 7) is 3.53. The number of carboxylic acids is 1. The van der Waals surface area contributed by atoms with E-state index < -0.39 is 17.4 Å². The van der Waals surface area contributed by atoms with Crippen molar-refractivity contribution in [3.05, 3.63) is 0 Å². The lowest BCUT2D eigenvalue weighted by Gasteiger charge is -2.23. The molecule has 1 unspecified atom stereocenters. The molecule has 0 saturated carbocycles. The van der Waals surface area contributed by atoms with Gasteiger partial charge in [-0.05, 0) is 13.3 Å². The molecule has 1 N–H and O–H groups in total. The van der Waals surface area contributed by atoms with Crippen molar-refractivity contribution in [3.8, 4) is 0 Å². The topological polar surface area (TPSA) is 63.6 Å². The van der Waals surface area contributed by atoms with Crippen LogP contribution in [0.25, 0.3) is 0 Å². The van der Waals surface area contributed by atoms with E-state index in [1.807, 2.05) is 6.92 Å². The van der Waals surface area contributed by atoms with Crippen LogP contribution in [0.5, 0.6) is 0 Å². The van der Waals surface area contributed by atoms with Crippen molar-refractivity contribution < 1.29 is 19.4 Å². The Bertz CT molecular complexity index is 200. The van der Waals surface area contributed by atoms with Gasteiger partial charge in [0.15, 0.2) is 0 Å². The first-order valence-corrected chi connectivity index (χ1v) is 4.26.